The van der Waals surface area contributed by atoms with Crippen molar-refractivity contribution in [3.05, 3.63) is 71.4 Å². The number of rotatable bonds is 6. The van der Waals surface area contributed by atoms with Gasteiger partial charge in [0.05, 0.1) is 5.70 Å². The highest BCUT2D eigenvalue weighted by atomic mass is 16.2. The number of nitrogens with one attached hydrogen (secondary N) is 1. The Morgan fingerprint density at radius 2 is 1.57 bits per heavy atom. The second-order valence-corrected chi connectivity index (χ2v) is 5.34. The van der Waals surface area contributed by atoms with Crippen LogP contribution in [0.2, 0.25) is 0 Å². The average molecular weight is 307 g/mol. The van der Waals surface area contributed by atoms with Crippen LogP contribution in [0.4, 0.5) is 0 Å². The van der Waals surface area contributed by atoms with Crippen molar-refractivity contribution in [1.82, 2.24) is 5.32 Å². The Labute approximate surface area is 137 Å². The Morgan fingerprint density at radius 3 is 2.04 bits per heavy atom. The number of carbonyl (C=O) groups excluding carboxylic acids is 2. The maximum absolute atomic E-state index is 12.0. The topological polar surface area (TPSA) is 46.2 Å². The lowest BCUT2D eigenvalue weighted by Gasteiger charge is -2.07. The Morgan fingerprint density at radius 1 is 1.00 bits per heavy atom. The molecule has 0 radical (unpaired) electrons. The summed E-state index contributed by atoms with van der Waals surface area (Å²) in [6.07, 6.45) is 4.42. The SMILES string of the molecule is C/C=C(\C=O)NC(=O)c1ccc(-c2ccc(CCC)cc2)cc1. The average Bonchev–Trinajstić information content (AvgIpc) is 2.60. The molecule has 0 aromatic heterocycles. The molecular weight excluding hydrogens is 286 g/mol. The number of aldehydes is 1. The molecule has 1 N–H and O–H groups in total. The van der Waals surface area contributed by atoms with E-state index in [4.69, 9.17) is 0 Å². The highest BCUT2D eigenvalue weighted by Crippen LogP contribution is 2.21. The minimum Gasteiger partial charge on any atom is -0.319 e. The zero-order chi connectivity index (χ0) is 16.7. The zero-order valence-corrected chi connectivity index (χ0v) is 13.5. The first-order chi connectivity index (χ1) is 11.2. The van der Waals surface area contributed by atoms with Crippen molar-refractivity contribution < 1.29 is 9.59 Å². The van der Waals surface area contributed by atoms with Gasteiger partial charge in [0, 0.05) is 5.56 Å². The van der Waals surface area contributed by atoms with Gasteiger partial charge in [-0.3, -0.25) is 9.59 Å². The van der Waals surface area contributed by atoms with Gasteiger partial charge in [-0.25, -0.2) is 0 Å². The van der Waals surface area contributed by atoms with Crippen LogP contribution in [0.3, 0.4) is 0 Å². The van der Waals surface area contributed by atoms with Crippen molar-refractivity contribution in [1.29, 1.82) is 0 Å². The molecule has 118 valence electrons. The van der Waals surface area contributed by atoms with Crippen LogP contribution >= 0.6 is 0 Å². The summed E-state index contributed by atoms with van der Waals surface area (Å²) in [5.74, 6) is -0.282. The molecule has 2 aromatic rings. The summed E-state index contributed by atoms with van der Waals surface area (Å²) < 4.78 is 0. The quantitative estimate of drug-likeness (QED) is 0.644. The van der Waals surface area contributed by atoms with E-state index in [1.54, 1.807) is 25.1 Å². The number of carbonyl (C=O) groups is 2. The molecule has 0 aliphatic heterocycles. The minimum atomic E-state index is -0.282. The molecule has 0 unspecified atom stereocenters. The van der Waals surface area contributed by atoms with Gasteiger partial charge >= 0.3 is 0 Å². The molecule has 1 amide bonds. The van der Waals surface area contributed by atoms with Crippen molar-refractivity contribution >= 4 is 12.2 Å². The number of aryl methyl sites for hydroxylation is 1. The zero-order valence-electron chi connectivity index (χ0n) is 13.5. The lowest BCUT2D eigenvalue weighted by Crippen LogP contribution is -2.23. The second-order valence-electron chi connectivity index (χ2n) is 5.34. The number of benzene rings is 2. The molecule has 0 atom stereocenters. The number of amides is 1. The van der Waals surface area contributed by atoms with Gasteiger partial charge < -0.3 is 5.32 Å². The van der Waals surface area contributed by atoms with Crippen molar-refractivity contribution in [2.45, 2.75) is 26.7 Å². The van der Waals surface area contributed by atoms with E-state index in [9.17, 15) is 9.59 Å². The molecule has 2 rings (SSSR count). The maximum atomic E-state index is 12.0. The van der Waals surface area contributed by atoms with Gasteiger partial charge in [0.2, 0.25) is 0 Å². The fraction of sp³-hybridized carbons (Fsp3) is 0.200. The summed E-state index contributed by atoms with van der Waals surface area (Å²) >= 11 is 0. The molecule has 3 heteroatoms. The molecule has 0 heterocycles. The standard InChI is InChI=1S/C20H21NO2/c1-3-5-15-6-8-16(9-7-15)17-10-12-18(13-11-17)20(23)21-19(4-2)14-22/h4,6-14H,3,5H2,1-2H3,(H,21,23)/b19-4+. The van der Waals surface area contributed by atoms with Crippen LogP contribution in [0.1, 0.15) is 36.2 Å². The fourth-order valence-corrected chi connectivity index (χ4v) is 2.34. The van der Waals surface area contributed by atoms with Crippen LogP contribution in [0, 0.1) is 0 Å². The third-order valence-electron chi connectivity index (χ3n) is 3.67. The predicted octanol–water partition coefficient (Wildman–Crippen LogP) is 4.14. The summed E-state index contributed by atoms with van der Waals surface area (Å²) in [4.78, 5) is 22.8. The smallest absolute Gasteiger partial charge is 0.255 e. The number of hydrogen-bond donors (Lipinski definition) is 1. The van der Waals surface area contributed by atoms with E-state index < -0.39 is 0 Å². The van der Waals surface area contributed by atoms with Gasteiger partial charge in [-0.05, 0) is 42.2 Å². The molecule has 0 saturated carbocycles. The Kier molecular flexibility index (Phi) is 5.87. The third kappa shape index (κ3) is 4.39. The molecule has 2 aromatic carbocycles. The Balaban J connectivity index is 2.12. The van der Waals surface area contributed by atoms with Crippen LogP contribution in [0.25, 0.3) is 11.1 Å². The van der Waals surface area contributed by atoms with Crippen molar-refractivity contribution in [3.8, 4) is 11.1 Å². The number of hydrogen-bond acceptors (Lipinski definition) is 2. The van der Waals surface area contributed by atoms with E-state index in [0.29, 0.717) is 11.8 Å². The highest BCUT2D eigenvalue weighted by Gasteiger charge is 2.07. The lowest BCUT2D eigenvalue weighted by atomic mass is 10.0. The van der Waals surface area contributed by atoms with Gasteiger partial charge in [-0.2, -0.15) is 0 Å². The largest absolute Gasteiger partial charge is 0.319 e. The second kappa shape index (κ2) is 8.08. The van der Waals surface area contributed by atoms with Crippen molar-refractivity contribution in [2.75, 3.05) is 0 Å². The van der Waals surface area contributed by atoms with Crippen LogP contribution in [-0.2, 0) is 11.2 Å². The lowest BCUT2D eigenvalue weighted by molar-refractivity contribution is -0.105. The molecular formula is C20H21NO2. The first-order valence-corrected chi connectivity index (χ1v) is 7.80. The summed E-state index contributed by atoms with van der Waals surface area (Å²) in [5, 5.41) is 2.57. The fourth-order valence-electron chi connectivity index (χ4n) is 2.34. The van der Waals surface area contributed by atoms with E-state index in [-0.39, 0.29) is 11.6 Å². The summed E-state index contributed by atoms with van der Waals surface area (Å²) in [7, 11) is 0. The molecule has 0 bridgehead atoms. The first kappa shape index (κ1) is 16.7. The molecule has 0 spiro atoms. The first-order valence-electron chi connectivity index (χ1n) is 7.80. The van der Waals surface area contributed by atoms with E-state index in [0.717, 1.165) is 24.0 Å². The van der Waals surface area contributed by atoms with Gasteiger partial charge in [-0.1, -0.05) is 55.8 Å². The number of allylic oxidation sites excluding steroid dienone is 2. The summed E-state index contributed by atoms with van der Waals surface area (Å²) in [5.41, 5.74) is 4.31. The maximum Gasteiger partial charge on any atom is 0.255 e. The van der Waals surface area contributed by atoms with Gasteiger partial charge in [0.25, 0.3) is 5.91 Å². The highest BCUT2D eigenvalue weighted by molar-refractivity contribution is 5.98. The van der Waals surface area contributed by atoms with E-state index in [2.05, 4.69) is 36.5 Å². The monoisotopic (exact) mass is 307 g/mol. The minimum absolute atomic E-state index is 0.269. The molecule has 0 aliphatic rings. The molecule has 23 heavy (non-hydrogen) atoms. The van der Waals surface area contributed by atoms with Crippen LogP contribution in [-0.4, -0.2) is 12.2 Å². The molecule has 0 fully saturated rings. The summed E-state index contributed by atoms with van der Waals surface area (Å²) in [6.45, 7) is 3.87. The van der Waals surface area contributed by atoms with Gasteiger partial charge in [0.15, 0.2) is 6.29 Å². The molecule has 3 nitrogen and oxygen atoms in total. The van der Waals surface area contributed by atoms with E-state index in [1.165, 1.54) is 5.56 Å². The normalized spacial score (nSPS) is 11.1. The van der Waals surface area contributed by atoms with Crippen molar-refractivity contribution in [2.24, 2.45) is 0 Å². The predicted molar refractivity (Wildman–Crippen MR) is 93.2 cm³/mol. The van der Waals surface area contributed by atoms with Crippen molar-refractivity contribution in [3.63, 3.8) is 0 Å². The van der Waals surface area contributed by atoms with Crippen LogP contribution in [0.5, 0.6) is 0 Å². The third-order valence-corrected chi connectivity index (χ3v) is 3.67. The van der Waals surface area contributed by atoms with Crippen LogP contribution < -0.4 is 5.32 Å². The Hall–Kier alpha value is -2.68. The van der Waals surface area contributed by atoms with E-state index >= 15 is 0 Å². The summed E-state index contributed by atoms with van der Waals surface area (Å²) in [6, 6.07) is 15.9. The molecule has 0 saturated heterocycles. The van der Waals surface area contributed by atoms with Crippen LogP contribution in [0.15, 0.2) is 60.3 Å². The van der Waals surface area contributed by atoms with Gasteiger partial charge in [-0.15, -0.1) is 0 Å². The van der Waals surface area contributed by atoms with E-state index in [1.807, 2.05) is 12.1 Å². The van der Waals surface area contributed by atoms with Gasteiger partial charge in [0.1, 0.15) is 0 Å². The molecule has 0 aliphatic carbocycles. The Bertz CT molecular complexity index is 697.